The van der Waals surface area contributed by atoms with Crippen molar-refractivity contribution in [2.45, 2.75) is 37.6 Å². The maximum absolute atomic E-state index is 10.9. The van der Waals surface area contributed by atoms with E-state index in [0.29, 0.717) is 0 Å². The maximum atomic E-state index is 10.9. The van der Waals surface area contributed by atoms with Crippen LogP contribution in [0.2, 0.25) is 0 Å². The van der Waals surface area contributed by atoms with Crippen molar-refractivity contribution in [2.75, 3.05) is 6.61 Å². The Kier molecular flexibility index (Phi) is 5.67. The molecule has 0 saturated carbocycles. The highest BCUT2D eigenvalue weighted by Gasteiger charge is 2.46. The first-order chi connectivity index (χ1) is 8.36. The van der Waals surface area contributed by atoms with Crippen molar-refractivity contribution >= 4 is 14.2 Å². The fourth-order valence-electron chi connectivity index (χ4n) is 1.73. The van der Waals surface area contributed by atoms with Crippen LogP contribution in [0.15, 0.2) is 0 Å². The molecule has 1 rings (SSSR count). The molecule has 0 radical (unpaired) electrons. The lowest BCUT2D eigenvalue weighted by Crippen LogP contribution is -2.64. The highest BCUT2D eigenvalue weighted by atomic mass is 31.1. The standard InChI is InChI=1S/C8H16NO8P/c1-3(11)9-5-6(12)7(17-18(14)15)4(2-10)16-8(5)13/h4-8,10,12-13,18H,2H2,1H3,(H,9,11)(H,14,15)/t4?,5?,6-,7?,8?/m1/s1. The first-order valence-electron chi connectivity index (χ1n) is 5.16. The molecule has 1 heterocycles. The van der Waals surface area contributed by atoms with Crippen LogP contribution in [-0.4, -0.2) is 63.4 Å². The smallest absolute Gasteiger partial charge is 0.317 e. The summed E-state index contributed by atoms with van der Waals surface area (Å²) in [5, 5.41) is 30.6. The third kappa shape index (κ3) is 3.72. The van der Waals surface area contributed by atoms with E-state index < -0.39 is 51.4 Å². The van der Waals surface area contributed by atoms with Gasteiger partial charge in [0.2, 0.25) is 5.91 Å². The van der Waals surface area contributed by atoms with Gasteiger partial charge in [0.25, 0.3) is 0 Å². The van der Waals surface area contributed by atoms with E-state index in [-0.39, 0.29) is 0 Å². The van der Waals surface area contributed by atoms with Crippen molar-refractivity contribution in [1.29, 1.82) is 0 Å². The molecule has 10 heteroatoms. The minimum Gasteiger partial charge on any atom is -0.394 e. The molecule has 106 valence electrons. The largest absolute Gasteiger partial charge is 0.394 e. The summed E-state index contributed by atoms with van der Waals surface area (Å²) in [5.41, 5.74) is 0. The van der Waals surface area contributed by atoms with Gasteiger partial charge in [0.15, 0.2) is 6.29 Å². The predicted octanol–water partition coefficient (Wildman–Crippen LogP) is -2.67. The number of aliphatic hydroxyl groups excluding tert-OH is 3. The summed E-state index contributed by atoms with van der Waals surface area (Å²) in [6, 6.07) is -1.21. The molecule has 6 atom stereocenters. The molecule has 9 nitrogen and oxygen atoms in total. The summed E-state index contributed by atoms with van der Waals surface area (Å²) >= 11 is 0. The molecular weight excluding hydrogens is 269 g/mol. The number of ether oxygens (including phenoxy) is 1. The summed E-state index contributed by atoms with van der Waals surface area (Å²) in [4.78, 5) is 19.6. The van der Waals surface area contributed by atoms with Crippen LogP contribution in [-0.2, 0) is 18.6 Å². The van der Waals surface area contributed by atoms with Gasteiger partial charge < -0.3 is 34.8 Å². The zero-order chi connectivity index (χ0) is 13.9. The number of aliphatic hydroxyl groups is 3. The molecule has 0 bridgehead atoms. The molecule has 1 saturated heterocycles. The van der Waals surface area contributed by atoms with Crippen molar-refractivity contribution in [2.24, 2.45) is 0 Å². The van der Waals surface area contributed by atoms with Crippen LogP contribution in [0.4, 0.5) is 0 Å². The number of hydrogen-bond acceptors (Lipinski definition) is 7. The topological polar surface area (TPSA) is 146 Å². The SMILES string of the molecule is CC(=O)NC1C(O)OC(CO)C(O[PH](=O)O)[C@@H]1O. The Bertz CT molecular complexity index is 326. The molecule has 5 unspecified atom stereocenters. The Morgan fingerprint density at radius 2 is 2.11 bits per heavy atom. The molecule has 18 heavy (non-hydrogen) atoms. The Labute approximate surface area is 103 Å². The fourth-order valence-corrected chi connectivity index (χ4v) is 2.26. The highest BCUT2D eigenvalue weighted by Crippen LogP contribution is 2.29. The van der Waals surface area contributed by atoms with Gasteiger partial charge >= 0.3 is 8.25 Å². The number of carbonyl (C=O) groups excluding carboxylic acids is 1. The Balaban J connectivity index is 2.84. The monoisotopic (exact) mass is 285 g/mol. The van der Waals surface area contributed by atoms with Gasteiger partial charge in [-0.1, -0.05) is 0 Å². The van der Waals surface area contributed by atoms with E-state index in [0.717, 1.165) is 0 Å². The summed E-state index contributed by atoms with van der Waals surface area (Å²) in [6.45, 7) is 0.545. The van der Waals surface area contributed by atoms with Crippen LogP contribution in [0.5, 0.6) is 0 Å². The van der Waals surface area contributed by atoms with Crippen molar-refractivity contribution in [1.82, 2.24) is 5.32 Å². The van der Waals surface area contributed by atoms with Crippen molar-refractivity contribution in [3.63, 3.8) is 0 Å². The summed E-state index contributed by atoms with van der Waals surface area (Å²) in [6.07, 6.45) is -5.54. The zero-order valence-corrected chi connectivity index (χ0v) is 10.5. The number of amides is 1. The minimum atomic E-state index is -3.37. The van der Waals surface area contributed by atoms with Crippen molar-refractivity contribution in [3.8, 4) is 0 Å². The molecule has 1 amide bonds. The van der Waals surface area contributed by atoms with E-state index in [1.54, 1.807) is 0 Å². The van der Waals surface area contributed by atoms with Gasteiger partial charge in [0, 0.05) is 6.92 Å². The molecule has 0 aromatic carbocycles. The summed E-state index contributed by atoms with van der Waals surface area (Å²) in [5.74, 6) is -0.528. The lowest BCUT2D eigenvalue weighted by molar-refractivity contribution is -0.248. The van der Waals surface area contributed by atoms with Crippen LogP contribution < -0.4 is 5.32 Å². The van der Waals surface area contributed by atoms with Gasteiger partial charge in [0.05, 0.1) is 6.61 Å². The second-order valence-electron chi connectivity index (χ2n) is 3.81. The van der Waals surface area contributed by atoms with Crippen LogP contribution >= 0.6 is 8.25 Å². The first-order valence-corrected chi connectivity index (χ1v) is 6.42. The van der Waals surface area contributed by atoms with E-state index in [9.17, 15) is 19.6 Å². The van der Waals surface area contributed by atoms with Crippen LogP contribution in [0.3, 0.4) is 0 Å². The van der Waals surface area contributed by atoms with Crippen molar-refractivity contribution < 1.29 is 38.8 Å². The van der Waals surface area contributed by atoms with E-state index in [1.807, 2.05) is 0 Å². The first kappa shape index (κ1) is 15.5. The van der Waals surface area contributed by atoms with E-state index >= 15 is 0 Å². The average molecular weight is 285 g/mol. The predicted molar refractivity (Wildman–Crippen MR) is 57.7 cm³/mol. The van der Waals surface area contributed by atoms with Crippen LogP contribution in [0.1, 0.15) is 6.92 Å². The van der Waals surface area contributed by atoms with Gasteiger partial charge in [0.1, 0.15) is 24.4 Å². The molecule has 1 aliphatic heterocycles. The number of carbonyl (C=O) groups is 1. The zero-order valence-electron chi connectivity index (χ0n) is 9.52. The summed E-state index contributed by atoms with van der Waals surface area (Å²) in [7, 11) is -3.37. The van der Waals surface area contributed by atoms with Gasteiger partial charge in [-0.3, -0.25) is 9.36 Å². The lowest BCUT2D eigenvalue weighted by atomic mass is 9.97. The quantitative estimate of drug-likeness (QED) is 0.351. The molecular formula is C8H16NO8P. The Morgan fingerprint density at radius 3 is 2.56 bits per heavy atom. The normalized spacial score (nSPS) is 38.2. The Hall–Kier alpha value is -0.540. The van der Waals surface area contributed by atoms with E-state index in [4.69, 9.17) is 14.7 Å². The second kappa shape index (κ2) is 6.58. The molecule has 1 aliphatic rings. The van der Waals surface area contributed by atoms with Crippen molar-refractivity contribution in [3.05, 3.63) is 0 Å². The maximum Gasteiger partial charge on any atom is 0.317 e. The van der Waals surface area contributed by atoms with E-state index in [1.165, 1.54) is 6.92 Å². The molecule has 5 N–H and O–H groups in total. The molecule has 1 fully saturated rings. The molecule has 0 aromatic rings. The number of nitrogens with one attached hydrogen (secondary N) is 1. The van der Waals surface area contributed by atoms with Gasteiger partial charge in [-0.15, -0.1) is 0 Å². The van der Waals surface area contributed by atoms with Gasteiger partial charge in [-0.25, -0.2) is 0 Å². The summed E-state index contributed by atoms with van der Waals surface area (Å²) < 4.78 is 20.1. The third-order valence-corrected chi connectivity index (χ3v) is 2.95. The number of rotatable bonds is 4. The van der Waals surface area contributed by atoms with E-state index in [2.05, 4.69) is 9.84 Å². The lowest BCUT2D eigenvalue weighted by Gasteiger charge is -2.41. The van der Waals surface area contributed by atoms with Crippen LogP contribution in [0.25, 0.3) is 0 Å². The van der Waals surface area contributed by atoms with Gasteiger partial charge in [-0.2, -0.15) is 0 Å². The fraction of sp³-hybridized carbons (Fsp3) is 0.875. The molecule has 0 aliphatic carbocycles. The second-order valence-corrected chi connectivity index (χ2v) is 4.58. The van der Waals surface area contributed by atoms with Crippen LogP contribution in [0, 0.1) is 0 Å². The number of hydrogen-bond donors (Lipinski definition) is 5. The minimum absolute atomic E-state index is 0.528. The molecule has 0 spiro atoms. The highest BCUT2D eigenvalue weighted by molar-refractivity contribution is 7.32. The molecule has 0 aromatic heterocycles. The third-order valence-electron chi connectivity index (χ3n) is 2.48. The Morgan fingerprint density at radius 1 is 1.50 bits per heavy atom. The average Bonchev–Trinajstić information content (AvgIpc) is 2.27. The van der Waals surface area contributed by atoms with Gasteiger partial charge in [-0.05, 0) is 0 Å².